The maximum atomic E-state index is 12.5. The number of nitrogens with one attached hydrogen (secondary N) is 2. The molecule has 0 radical (unpaired) electrons. The van der Waals surface area contributed by atoms with Crippen LogP contribution in [0, 0.1) is 0 Å². The summed E-state index contributed by atoms with van der Waals surface area (Å²) < 4.78 is 0. The maximum absolute atomic E-state index is 12.5. The molecule has 1 saturated heterocycles. The van der Waals surface area contributed by atoms with Crippen molar-refractivity contribution in [3.8, 4) is 0 Å². The Labute approximate surface area is 161 Å². The van der Waals surface area contributed by atoms with E-state index in [-0.39, 0.29) is 5.91 Å². The first-order chi connectivity index (χ1) is 13.3. The molecule has 1 aliphatic carbocycles. The molecule has 5 heteroatoms. The number of aromatic nitrogens is 1. The largest absolute Gasteiger partial charge is 0.372 e. The lowest BCUT2D eigenvalue weighted by molar-refractivity contribution is 0.0922. The quantitative estimate of drug-likeness (QED) is 0.821. The highest BCUT2D eigenvalue weighted by molar-refractivity contribution is 5.93. The van der Waals surface area contributed by atoms with Gasteiger partial charge in [-0.2, -0.15) is 0 Å². The van der Waals surface area contributed by atoms with Gasteiger partial charge in [0, 0.05) is 42.4 Å². The number of carbonyl (C=O) groups excluding carboxylic acids is 1. The fourth-order valence-corrected chi connectivity index (χ4v) is 4.04. The summed E-state index contributed by atoms with van der Waals surface area (Å²) >= 11 is 0. The van der Waals surface area contributed by atoms with Gasteiger partial charge in [-0.25, -0.2) is 0 Å². The number of pyridine rings is 1. The summed E-state index contributed by atoms with van der Waals surface area (Å²) in [6.07, 6.45) is 10.1. The molecule has 0 atom stereocenters. The van der Waals surface area contributed by atoms with E-state index in [0.717, 1.165) is 37.3 Å². The Morgan fingerprint density at radius 3 is 2.41 bits per heavy atom. The smallest absolute Gasteiger partial charge is 0.270 e. The molecule has 2 aliphatic rings. The Bertz CT molecular complexity index is 762. The molecular formula is C22H28N4O. The molecule has 0 bridgehead atoms. The van der Waals surface area contributed by atoms with Gasteiger partial charge in [0.2, 0.25) is 0 Å². The van der Waals surface area contributed by atoms with Gasteiger partial charge in [0.15, 0.2) is 0 Å². The minimum Gasteiger partial charge on any atom is -0.372 e. The number of hydrogen-bond acceptors (Lipinski definition) is 4. The Morgan fingerprint density at radius 1 is 0.926 bits per heavy atom. The van der Waals surface area contributed by atoms with Crippen LogP contribution in [-0.4, -0.2) is 30.0 Å². The Kier molecular flexibility index (Phi) is 5.56. The minimum absolute atomic E-state index is 0.0741. The number of carbonyl (C=O) groups is 1. The predicted molar refractivity (Wildman–Crippen MR) is 110 cm³/mol. The lowest BCUT2D eigenvalue weighted by Crippen LogP contribution is -2.36. The second-order valence-electron chi connectivity index (χ2n) is 7.60. The summed E-state index contributed by atoms with van der Waals surface area (Å²) in [5, 5.41) is 6.51. The van der Waals surface area contributed by atoms with Crippen LogP contribution in [-0.2, 0) is 0 Å². The van der Waals surface area contributed by atoms with Gasteiger partial charge < -0.3 is 15.5 Å². The zero-order chi connectivity index (χ0) is 18.5. The van der Waals surface area contributed by atoms with Gasteiger partial charge in [-0.3, -0.25) is 9.78 Å². The topological polar surface area (TPSA) is 57.3 Å². The molecule has 4 rings (SSSR count). The van der Waals surface area contributed by atoms with E-state index in [1.54, 1.807) is 6.20 Å². The SMILES string of the molecule is O=C(NC1CCCCC1)c1cc(Nc2ccc(N3CCCC3)cc2)ccn1. The van der Waals surface area contributed by atoms with Crippen molar-refractivity contribution >= 4 is 23.0 Å². The van der Waals surface area contributed by atoms with Crippen molar-refractivity contribution in [2.75, 3.05) is 23.3 Å². The number of amides is 1. The van der Waals surface area contributed by atoms with Crippen molar-refractivity contribution in [1.82, 2.24) is 10.3 Å². The van der Waals surface area contributed by atoms with E-state index in [1.165, 1.54) is 37.8 Å². The number of nitrogens with zero attached hydrogens (tertiary/aromatic N) is 2. The summed E-state index contributed by atoms with van der Waals surface area (Å²) in [4.78, 5) is 19.2. The number of rotatable bonds is 5. The van der Waals surface area contributed by atoms with E-state index in [4.69, 9.17) is 0 Å². The highest BCUT2D eigenvalue weighted by atomic mass is 16.1. The van der Waals surface area contributed by atoms with Gasteiger partial charge in [0.05, 0.1) is 0 Å². The van der Waals surface area contributed by atoms with Crippen LogP contribution in [0.15, 0.2) is 42.6 Å². The maximum Gasteiger partial charge on any atom is 0.270 e. The number of anilines is 3. The molecule has 1 amide bonds. The van der Waals surface area contributed by atoms with Crippen molar-refractivity contribution in [3.05, 3.63) is 48.3 Å². The van der Waals surface area contributed by atoms with E-state index < -0.39 is 0 Å². The highest BCUT2D eigenvalue weighted by Crippen LogP contribution is 2.24. The van der Waals surface area contributed by atoms with E-state index in [9.17, 15) is 4.79 Å². The minimum atomic E-state index is -0.0741. The molecule has 27 heavy (non-hydrogen) atoms. The molecule has 142 valence electrons. The molecule has 2 aromatic rings. The fraction of sp³-hybridized carbons (Fsp3) is 0.455. The van der Waals surface area contributed by atoms with Crippen molar-refractivity contribution < 1.29 is 4.79 Å². The summed E-state index contributed by atoms with van der Waals surface area (Å²) in [6.45, 7) is 2.30. The number of hydrogen-bond donors (Lipinski definition) is 2. The first kappa shape index (κ1) is 17.8. The third-order valence-corrected chi connectivity index (χ3v) is 5.56. The van der Waals surface area contributed by atoms with Gasteiger partial charge >= 0.3 is 0 Å². The third-order valence-electron chi connectivity index (χ3n) is 5.56. The zero-order valence-electron chi connectivity index (χ0n) is 15.8. The first-order valence-electron chi connectivity index (χ1n) is 10.2. The Morgan fingerprint density at radius 2 is 1.67 bits per heavy atom. The van der Waals surface area contributed by atoms with Crippen LogP contribution in [0.1, 0.15) is 55.4 Å². The third kappa shape index (κ3) is 4.59. The monoisotopic (exact) mass is 364 g/mol. The lowest BCUT2D eigenvalue weighted by Gasteiger charge is -2.22. The van der Waals surface area contributed by atoms with Crippen LogP contribution in [0.5, 0.6) is 0 Å². The normalized spacial score (nSPS) is 17.7. The molecule has 1 aromatic heterocycles. The molecule has 2 N–H and O–H groups in total. The molecule has 0 unspecified atom stereocenters. The van der Waals surface area contributed by atoms with Crippen LogP contribution >= 0.6 is 0 Å². The molecule has 1 aromatic carbocycles. The van der Waals surface area contributed by atoms with Gasteiger partial charge in [-0.1, -0.05) is 19.3 Å². The van der Waals surface area contributed by atoms with E-state index in [2.05, 4.69) is 44.8 Å². The van der Waals surface area contributed by atoms with Crippen LogP contribution in [0.3, 0.4) is 0 Å². The second kappa shape index (κ2) is 8.42. The molecule has 2 fully saturated rings. The van der Waals surface area contributed by atoms with Crippen molar-refractivity contribution in [2.45, 2.75) is 51.0 Å². The van der Waals surface area contributed by atoms with Gasteiger partial charge in [0.25, 0.3) is 5.91 Å². The summed E-state index contributed by atoms with van der Waals surface area (Å²) in [7, 11) is 0. The first-order valence-corrected chi connectivity index (χ1v) is 10.2. The van der Waals surface area contributed by atoms with Gasteiger partial charge in [-0.05, 0) is 62.1 Å². The van der Waals surface area contributed by atoms with Gasteiger partial charge in [0.1, 0.15) is 5.69 Å². The zero-order valence-corrected chi connectivity index (χ0v) is 15.8. The Hall–Kier alpha value is -2.56. The lowest BCUT2D eigenvalue weighted by atomic mass is 9.95. The molecule has 1 aliphatic heterocycles. The second-order valence-corrected chi connectivity index (χ2v) is 7.60. The highest BCUT2D eigenvalue weighted by Gasteiger charge is 2.17. The van der Waals surface area contributed by atoms with E-state index in [1.807, 2.05) is 12.1 Å². The van der Waals surface area contributed by atoms with Crippen molar-refractivity contribution in [3.63, 3.8) is 0 Å². The van der Waals surface area contributed by atoms with Crippen molar-refractivity contribution in [1.29, 1.82) is 0 Å². The standard InChI is InChI=1S/C22H28N4O/c27-22(25-17-6-2-1-3-7-17)21-16-19(12-13-23-21)24-18-8-10-20(11-9-18)26-14-4-5-15-26/h8-13,16-17H,1-7,14-15H2,(H,23,24)(H,25,27). The van der Waals surface area contributed by atoms with Crippen LogP contribution in [0.4, 0.5) is 17.1 Å². The molecule has 2 heterocycles. The fourth-order valence-electron chi connectivity index (χ4n) is 4.04. The van der Waals surface area contributed by atoms with Crippen LogP contribution < -0.4 is 15.5 Å². The molecule has 5 nitrogen and oxygen atoms in total. The average molecular weight is 364 g/mol. The summed E-state index contributed by atoms with van der Waals surface area (Å²) in [6, 6.07) is 12.5. The molecule has 1 saturated carbocycles. The average Bonchev–Trinajstić information content (AvgIpc) is 3.24. The van der Waals surface area contributed by atoms with Crippen LogP contribution in [0.25, 0.3) is 0 Å². The Balaban J connectivity index is 1.39. The summed E-state index contributed by atoms with van der Waals surface area (Å²) in [5.41, 5.74) is 3.65. The van der Waals surface area contributed by atoms with Crippen molar-refractivity contribution in [2.24, 2.45) is 0 Å². The molecular weight excluding hydrogens is 336 g/mol. The molecule has 0 spiro atoms. The van der Waals surface area contributed by atoms with E-state index >= 15 is 0 Å². The van der Waals surface area contributed by atoms with Gasteiger partial charge in [-0.15, -0.1) is 0 Å². The predicted octanol–water partition coefficient (Wildman–Crippen LogP) is 4.49. The van der Waals surface area contributed by atoms with E-state index in [0.29, 0.717) is 11.7 Å². The number of benzene rings is 1. The van der Waals surface area contributed by atoms with Crippen LogP contribution in [0.2, 0.25) is 0 Å². The summed E-state index contributed by atoms with van der Waals surface area (Å²) in [5.74, 6) is -0.0741.